The summed E-state index contributed by atoms with van der Waals surface area (Å²) in [6, 6.07) is 10.3. The average molecular weight is 459 g/mol. The summed E-state index contributed by atoms with van der Waals surface area (Å²) < 4.78 is 7.58. The molecule has 1 saturated heterocycles. The molecular weight excluding hydrogens is 435 g/mol. The molecule has 31 heavy (non-hydrogen) atoms. The second-order valence-electron chi connectivity index (χ2n) is 8.42. The summed E-state index contributed by atoms with van der Waals surface area (Å²) in [4.78, 5) is 11.1. The lowest BCUT2D eigenvalue weighted by Crippen LogP contribution is -2.48. The average Bonchev–Trinajstić information content (AvgIpc) is 3.15. The van der Waals surface area contributed by atoms with Crippen LogP contribution in [0.5, 0.6) is 11.8 Å². The van der Waals surface area contributed by atoms with Gasteiger partial charge in [0.25, 0.3) is 0 Å². The molecule has 9 heteroatoms. The molecule has 1 aliphatic heterocycles. The Morgan fingerprint density at radius 2 is 1.87 bits per heavy atom. The lowest BCUT2D eigenvalue weighted by atomic mass is 9.92. The number of aromatic nitrogens is 4. The zero-order chi connectivity index (χ0) is 21.5. The first-order chi connectivity index (χ1) is 14.9. The van der Waals surface area contributed by atoms with E-state index in [0.29, 0.717) is 45.8 Å². The molecule has 0 spiro atoms. The molecule has 162 valence electrons. The summed E-state index contributed by atoms with van der Waals surface area (Å²) in [5.41, 5.74) is 2.17. The predicted octanol–water partition coefficient (Wildman–Crippen LogP) is 4.94. The molecule has 1 N–H and O–H groups in total. The highest BCUT2D eigenvalue weighted by Gasteiger charge is 2.42. The summed E-state index contributed by atoms with van der Waals surface area (Å²) in [7, 11) is 1.83. The van der Waals surface area contributed by atoms with Gasteiger partial charge in [0.05, 0.1) is 0 Å². The Kier molecular flexibility index (Phi) is 5.40. The number of piperidine rings is 1. The number of hydrogen-bond donors (Lipinski definition) is 1. The van der Waals surface area contributed by atoms with Crippen LogP contribution in [0.25, 0.3) is 0 Å². The first kappa shape index (κ1) is 20.4. The maximum absolute atomic E-state index is 6.14. The van der Waals surface area contributed by atoms with E-state index in [1.165, 1.54) is 12.8 Å². The van der Waals surface area contributed by atoms with Gasteiger partial charge in [-0.15, -0.1) is 5.10 Å². The van der Waals surface area contributed by atoms with E-state index < -0.39 is 0 Å². The monoisotopic (exact) mass is 458 g/mol. The summed E-state index contributed by atoms with van der Waals surface area (Å²) >= 11 is 12.2. The van der Waals surface area contributed by atoms with E-state index in [2.05, 4.69) is 25.3 Å². The van der Waals surface area contributed by atoms with E-state index in [9.17, 15) is 0 Å². The maximum Gasteiger partial charge on any atom is 0.321 e. The van der Waals surface area contributed by atoms with Gasteiger partial charge in [0.2, 0.25) is 5.95 Å². The van der Waals surface area contributed by atoms with Crippen molar-refractivity contribution in [3.63, 3.8) is 0 Å². The molecule has 2 aromatic heterocycles. The molecule has 2 bridgehead atoms. The lowest BCUT2D eigenvalue weighted by Gasteiger charge is -2.39. The van der Waals surface area contributed by atoms with Crippen LogP contribution < -0.4 is 15.0 Å². The SMILES string of the molecule is Cc1cc(Cl)cc(Oc2nc(N[C@@H]3[C@@H]4CC[C@H]3CN(c3ccnc(Cl)c3)C4)nn2C)c1. The Hall–Kier alpha value is -2.51. The van der Waals surface area contributed by atoms with Crippen LogP contribution in [0.1, 0.15) is 18.4 Å². The van der Waals surface area contributed by atoms with Crippen molar-refractivity contribution in [3.8, 4) is 11.8 Å². The zero-order valence-corrected chi connectivity index (χ0v) is 18.9. The van der Waals surface area contributed by atoms with Gasteiger partial charge in [0.15, 0.2) is 0 Å². The Labute approximate surface area is 191 Å². The molecular formula is C22H24Cl2N6O. The number of nitrogens with one attached hydrogen (secondary N) is 1. The second-order valence-corrected chi connectivity index (χ2v) is 9.24. The van der Waals surface area contributed by atoms with Gasteiger partial charge >= 0.3 is 6.01 Å². The van der Waals surface area contributed by atoms with Crippen molar-refractivity contribution in [2.24, 2.45) is 18.9 Å². The molecule has 1 aromatic carbocycles. The molecule has 3 atom stereocenters. The summed E-state index contributed by atoms with van der Waals surface area (Å²) in [5.74, 6) is 2.29. The van der Waals surface area contributed by atoms with Crippen LogP contribution in [0.3, 0.4) is 0 Å². The molecule has 0 radical (unpaired) electrons. The fourth-order valence-electron chi connectivity index (χ4n) is 4.79. The fourth-order valence-corrected chi connectivity index (χ4v) is 5.24. The fraction of sp³-hybridized carbons (Fsp3) is 0.409. The van der Waals surface area contributed by atoms with Crippen molar-refractivity contribution in [3.05, 3.63) is 52.3 Å². The standard InChI is InChI=1S/C22H24Cl2N6O/c1-13-7-16(23)9-18(8-13)31-22-27-21(28-29(22)2)26-20-14-3-4-15(20)12-30(11-14)17-5-6-25-19(24)10-17/h5-10,14-15,20H,3-4,11-12H2,1-2H3,(H,26,28)/t14-,15+,20-. The van der Waals surface area contributed by atoms with E-state index in [1.54, 1.807) is 16.9 Å². The molecule has 5 rings (SSSR count). The van der Waals surface area contributed by atoms with E-state index in [1.807, 2.05) is 38.2 Å². The van der Waals surface area contributed by atoms with Crippen molar-refractivity contribution in [1.29, 1.82) is 0 Å². The third-order valence-electron chi connectivity index (χ3n) is 6.15. The quantitative estimate of drug-likeness (QED) is 0.545. The first-order valence-corrected chi connectivity index (χ1v) is 11.2. The Bertz CT molecular complexity index is 1070. The molecule has 3 aromatic rings. The van der Waals surface area contributed by atoms with Crippen molar-refractivity contribution < 1.29 is 4.74 Å². The third kappa shape index (κ3) is 4.29. The highest BCUT2D eigenvalue weighted by Crippen LogP contribution is 2.40. The normalized spacial score (nSPS) is 22.6. The molecule has 0 amide bonds. The Morgan fingerprint density at radius 3 is 2.58 bits per heavy atom. The predicted molar refractivity (Wildman–Crippen MR) is 122 cm³/mol. The number of hydrogen-bond acceptors (Lipinski definition) is 6. The maximum atomic E-state index is 6.14. The molecule has 1 aliphatic carbocycles. The Morgan fingerprint density at radius 1 is 1.10 bits per heavy atom. The van der Waals surface area contributed by atoms with Gasteiger partial charge in [-0.1, -0.05) is 23.2 Å². The zero-order valence-electron chi connectivity index (χ0n) is 17.4. The second kappa shape index (κ2) is 8.20. The number of ether oxygens (including phenoxy) is 1. The minimum Gasteiger partial charge on any atom is -0.424 e. The number of aryl methyl sites for hydroxylation is 2. The van der Waals surface area contributed by atoms with Crippen LogP contribution in [0, 0.1) is 18.8 Å². The van der Waals surface area contributed by atoms with Crippen LogP contribution >= 0.6 is 23.2 Å². The molecule has 2 aliphatic rings. The van der Waals surface area contributed by atoms with E-state index >= 15 is 0 Å². The van der Waals surface area contributed by atoms with Crippen LogP contribution in [-0.2, 0) is 7.05 Å². The van der Waals surface area contributed by atoms with Crippen LogP contribution in [0.2, 0.25) is 10.2 Å². The number of nitrogens with zero attached hydrogens (tertiary/aromatic N) is 5. The molecule has 1 saturated carbocycles. The minimum absolute atomic E-state index is 0.345. The lowest BCUT2D eigenvalue weighted by molar-refractivity contribution is 0.376. The molecule has 2 fully saturated rings. The molecule has 7 nitrogen and oxygen atoms in total. The van der Waals surface area contributed by atoms with Gasteiger partial charge in [-0.2, -0.15) is 4.98 Å². The number of pyridine rings is 1. The summed E-state index contributed by atoms with van der Waals surface area (Å²) in [6.07, 6.45) is 4.15. The number of halogens is 2. The van der Waals surface area contributed by atoms with Gasteiger partial charge in [0, 0.05) is 43.1 Å². The molecule has 3 heterocycles. The van der Waals surface area contributed by atoms with Gasteiger partial charge < -0.3 is 15.0 Å². The van der Waals surface area contributed by atoms with Gasteiger partial charge in [-0.05, 0) is 67.5 Å². The first-order valence-electron chi connectivity index (χ1n) is 10.4. The van der Waals surface area contributed by atoms with E-state index in [-0.39, 0.29) is 0 Å². The third-order valence-corrected chi connectivity index (χ3v) is 6.58. The Balaban J connectivity index is 1.28. The number of benzene rings is 1. The number of fused-ring (bicyclic) bond motifs is 2. The van der Waals surface area contributed by atoms with Crippen LogP contribution in [0.4, 0.5) is 11.6 Å². The number of rotatable bonds is 5. The van der Waals surface area contributed by atoms with Gasteiger partial charge in [0.1, 0.15) is 10.9 Å². The van der Waals surface area contributed by atoms with Crippen LogP contribution in [-0.4, -0.2) is 38.9 Å². The van der Waals surface area contributed by atoms with Gasteiger partial charge in [-0.3, -0.25) is 0 Å². The topological polar surface area (TPSA) is 68.1 Å². The van der Waals surface area contributed by atoms with Crippen molar-refractivity contribution in [2.45, 2.75) is 25.8 Å². The van der Waals surface area contributed by atoms with Crippen molar-refractivity contribution >= 4 is 34.8 Å². The highest BCUT2D eigenvalue weighted by molar-refractivity contribution is 6.30. The number of anilines is 2. The van der Waals surface area contributed by atoms with Crippen molar-refractivity contribution in [2.75, 3.05) is 23.3 Å². The van der Waals surface area contributed by atoms with Crippen LogP contribution in [0.15, 0.2) is 36.5 Å². The highest BCUT2D eigenvalue weighted by atomic mass is 35.5. The minimum atomic E-state index is 0.345. The largest absolute Gasteiger partial charge is 0.424 e. The van der Waals surface area contributed by atoms with E-state index in [0.717, 1.165) is 24.3 Å². The van der Waals surface area contributed by atoms with Gasteiger partial charge in [-0.25, -0.2) is 9.67 Å². The smallest absolute Gasteiger partial charge is 0.321 e. The molecule has 0 unspecified atom stereocenters. The van der Waals surface area contributed by atoms with E-state index in [4.69, 9.17) is 27.9 Å². The van der Waals surface area contributed by atoms with Crippen molar-refractivity contribution in [1.82, 2.24) is 19.7 Å². The summed E-state index contributed by atoms with van der Waals surface area (Å²) in [6.45, 7) is 3.93. The summed E-state index contributed by atoms with van der Waals surface area (Å²) in [5, 5.41) is 9.28.